The summed E-state index contributed by atoms with van der Waals surface area (Å²) < 4.78 is 65.5. The first-order valence-electron chi connectivity index (χ1n) is 13.2. The summed E-state index contributed by atoms with van der Waals surface area (Å²) in [6.07, 6.45) is 6.07. The number of halogens is 5. The summed E-state index contributed by atoms with van der Waals surface area (Å²) in [6, 6.07) is 0.659. The molecule has 2 aliphatic carbocycles. The van der Waals surface area contributed by atoms with Crippen LogP contribution >= 0.6 is 24.8 Å². The predicted octanol–water partition coefficient (Wildman–Crippen LogP) is 4.24. The lowest BCUT2D eigenvalue weighted by Crippen LogP contribution is -2.45. The maximum Gasteiger partial charge on any atom is 0.404 e. The number of alkyl halides is 3. The maximum absolute atomic E-state index is 12.7. The van der Waals surface area contributed by atoms with E-state index in [1.807, 2.05) is 6.33 Å². The van der Waals surface area contributed by atoms with Gasteiger partial charge < -0.3 is 20.9 Å². The van der Waals surface area contributed by atoms with Crippen LogP contribution in [0.3, 0.4) is 0 Å². The monoisotopic (exact) mass is 616 g/mol. The molecule has 0 aromatic carbocycles. The summed E-state index contributed by atoms with van der Waals surface area (Å²) in [6.45, 7) is 0.0442. The number of hydrogen-bond donors (Lipinski definition) is 3. The highest BCUT2D eigenvalue weighted by atomic mass is 35.5. The molecule has 2 saturated carbocycles. The third-order valence-electron chi connectivity index (χ3n) is 7.78. The molecule has 3 aliphatic rings. The number of hydrogen-bond acceptors (Lipinski definition) is 8. The minimum absolute atomic E-state index is 0. The molecule has 1 saturated heterocycles. The lowest BCUT2D eigenvalue weighted by molar-refractivity contribution is -0.107. The van der Waals surface area contributed by atoms with Gasteiger partial charge >= 0.3 is 6.18 Å². The molecule has 0 amide bonds. The molecule has 2 aromatic rings. The Labute approximate surface area is 239 Å². The molecule has 39 heavy (non-hydrogen) atoms. The standard InChI is InChI=1S/C23H35F3N8O2S.2ClH/c24-23(25,26)13-37(35,36)33-11-9-17(10-12-33)29-20-19-21(34(14-28-19)18-3-1-2-4-18)32-22(31-20)30-16-7-5-15(27)6-8-16;;/h14-18H,1-13,27H2,(H2,29,30,31,32);2*1H/t15-,16-;;. The van der Waals surface area contributed by atoms with Crippen LogP contribution in [0.15, 0.2) is 6.33 Å². The molecule has 0 atom stereocenters. The van der Waals surface area contributed by atoms with Gasteiger partial charge in [0, 0.05) is 37.3 Å². The first-order valence-corrected chi connectivity index (χ1v) is 14.8. The van der Waals surface area contributed by atoms with Crippen LogP contribution in [0.2, 0.25) is 0 Å². The molecule has 16 heteroatoms. The lowest BCUT2D eigenvalue weighted by Gasteiger charge is -2.32. The molecule has 10 nitrogen and oxygen atoms in total. The van der Waals surface area contributed by atoms with Crippen LogP contribution < -0.4 is 16.4 Å². The molecule has 1 aliphatic heterocycles. The number of imidazole rings is 1. The van der Waals surface area contributed by atoms with Crippen LogP contribution in [0.1, 0.15) is 70.3 Å². The third-order valence-corrected chi connectivity index (χ3v) is 9.62. The molecular weight excluding hydrogens is 580 g/mol. The minimum atomic E-state index is -4.76. The Balaban J connectivity index is 0.00000210. The van der Waals surface area contributed by atoms with Crippen LogP contribution in [0, 0.1) is 0 Å². The van der Waals surface area contributed by atoms with E-state index >= 15 is 0 Å². The number of anilines is 2. The Morgan fingerprint density at radius 2 is 1.54 bits per heavy atom. The fraction of sp³-hybridized carbons (Fsp3) is 0.783. The van der Waals surface area contributed by atoms with Gasteiger partial charge in [0.25, 0.3) is 0 Å². The van der Waals surface area contributed by atoms with Crippen LogP contribution in [0.4, 0.5) is 24.9 Å². The van der Waals surface area contributed by atoms with Crippen molar-refractivity contribution in [2.24, 2.45) is 5.73 Å². The van der Waals surface area contributed by atoms with E-state index < -0.39 is 22.0 Å². The third kappa shape index (κ3) is 7.78. The highest BCUT2D eigenvalue weighted by Gasteiger charge is 2.39. The van der Waals surface area contributed by atoms with Gasteiger partial charge in [-0.2, -0.15) is 23.1 Å². The summed E-state index contributed by atoms with van der Waals surface area (Å²) >= 11 is 0. The molecule has 5 rings (SSSR count). The molecule has 0 radical (unpaired) electrons. The summed E-state index contributed by atoms with van der Waals surface area (Å²) in [4.78, 5) is 14.2. The quantitative estimate of drug-likeness (QED) is 0.421. The Morgan fingerprint density at radius 1 is 0.923 bits per heavy atom. The normalized spacial score (nSPS) is 23.8. The Kier molecular flexibility index (Phi) is 10.6. The van der Waals surface area contributed by atoms with Gasteiger partial charge in [-0.05, 0) is 51.4 Å². The molecule has 222 valence electrons. The fourth-order valence-corrected chi connectivity index (χ4v) is 7.11. The van der Waals surface area contributed by atoms with Gasteiger partial charge in [0.15, 0.2) is 22.7 Å². The van der Waals surface area contributed by atoms with E-state index in [9.17, 15) is 21.6 Å². The average molecular weight is 618 g/mol. The number of aromatic nitrogens is 4. The Hall–Kier alpha value is -1.61. The van der Waals surface area contributed by atoms with Crippen LogP contribution in [-0.4, -0.2) is 75.4 Å². The number of nitrogens with zero attached hydrogens (tertiary/aromatic N) is 5. The number of piperidine rings is 1. The number of nitrogens with one attached hydrogen (secondary N) is 2. The molecule has 0 unspecified atom stereocenters. The summed E-state index contributed by atoms with van der Waals surface area (Å²) in [5.74, 6) is -0.751. The van der Waals surface area contributed by atoms with Crippen molar-refractivity contribution in [2.75, 3.05) is 29.5 Å². The van der Waals surface area contributed by atoms with Gasteiger partial charge in [0.2, 0.25) is 16.0 Å². The van der Waals surface area contributed by atoms with Crippen molar-refractivity contribution in [1.82, 2.24) is 23.8 Å². The van der Waals surface area contributed by atoms with E-state index in [-0.39, 0.29) is 56.0 Å². The number of rotatable bonds is 7. The van der Waals surface area contributed by atoms with Crippen molar-refractivity contribution in [3.8, 4) is 0 Å². The molecule has 0 bridgehead atoms. The lowest BCUT2D eigenvalue weighted by atomic mass is 9.92. The maximum atomic E-state index is 12.7. The zero-order valence-corrected chi connectivity index (χ0v) is 24.0. The average Bonchev–Trinajstić information content (AvgIpc) is 3.49. The van der Waals surface area contributed by atoms with Crippen molar-refractivity contribution in [1.29, 1.82) is 0 Å². The van der Waals surface area contributed by atoms with E-state index in [1.165, 1.54) is 12.8 Å². The van der Waals surface area contributed by atoms with Crippen LogP contribution in [0.5, 0.6) is 0 Å². The van der Waals surface area contributed by atoms with E-state index in [1.54, 1.807) is 0 Å². The highest BCUT2D eigenvalue weighted by Crippen LogP contribution is 2.34. The second-order valence-electron chi connectivity index (χ2n) is 10.6. The van der Waals surface area contributed by atoms with Gasteiger partial charge in [-0.15, -0.1) is 24.8 Å². The van der Waals surface area contributed by atoms with Crippen molar-refractivity contribution in [2.45, 2.75) is 94.6 Å². The number of nitrogens with two attached hydrogens (primary N) is 1. The van der Waals surface area contributed by atoms with Gasteiger partial charge in [-0.25, -0.2) is 17.7 Å². The summed E-state index contributed by atoms with van der Waals surface area (Å²) in [7, 11) is -4.38. The fourth-order valence-electron chi connectivity index (χ4n) is 5.75. The first kappa shape index (κ1) is 31.9. The van der Waals surface area contributed by atoms with E-state index in [2.05, 4.69) is 20.2 Å². The number of fused-ring (bicyclic) bond motifs is 1. The number of sulfonamides is 1. The molecular formula is C23H37Cl2F3N8O2S. The van der Waals surface area contributed by atoms with Gasteiger partial charge in [-0.3, -0.25) is 0 Å². The van der Waals surface area contributed by atoms with Crippen molar-refractivity contribution in [3.63, 3.8) is 0 Å². The SMILES string of the molecule is Cl.Cl.N[C@H]1CC[C@H](Nc2nc(NC3CCN(S(=O)(=O)CC(F)(F)F)CC3)c3ncn(C4CCCC4)c3n2)CC1. The van der Waals surface area contributed by atoms with Gasteiger partial charge in [-0.1, -0.05) is 12.8 Å². The topological polar surface area (TPSA) is 131 Å². The zero-order valence-electron chi connectivity index (χ0n) is 21.6. The second-order valence-corrected chi connectivity index (χ2v) is 12.6. The predicted molar refractivity (Wildman–Crippen MR) is 149 cm³/mol. The largest absolute Gasteiger partial charge is 0.404 e. The molecule has 3 fully saturated rings. The zero-order chi connectivity index (χ0) is 26.2. The Morgan fingerprint density at radius 3 is 2.15 bits per heavy atom. The highest BCUT2D eigenvalue weighted by molar-refractivity contribution is 7.89. The summed E-state index contributed by atoms with van der Waals surface area (Å²) in [5.41, 5.74) is 7.46. The summed E-state index contributed by atoms with van der Waals surface area (Å²) in [5, 5.41) is 6.88. The first-order chi connectivity index (χ1) is 17.6. The van der Waals surface area contributed by atoms with Crippen LogP contribution in [-0.2, 0) is 10.0 Å². The molecule has 3 heterocycles. The van der Waals surface area contributed by atoms with Crippen molar-refractivity contribution in [3.05, 3.63) is 6.33 Å². The van der Waals surface area contributed by atoms with E-state index in [0.29, 0.717) is 36.2 Å². The molecule has 2 aromatic heterocycles. The molecule has 0 spiro atoms. The minimum Gasteiger partial charge on any atom is -0.365 e. The van der Waals surface area contributed by atoms with Crippen molar-refractivity contribution < 1.29 is 21.6 Å². The van der Waals surface area contributed by atoms with E-state index in [0.717, 1.165) is 48.5 Å². The van der Waals surface area contributed by atoms with E-state index in [4.69, 9.17) is 15.7 Å². The van der Waals surface area contributed by atoms with Crippen molar-refractivity contribution >= 4 is 57.8 Å². The smallest absolute Gasteiger partial charge is 0.365 e. The second kappa shape index (κ2) is 12.9. The van der Waals surface area contributed by atoms with Gasteiger partial charge in [0.1, 0.15) is 0 Å². The Bertz CT molecular complexity index is 1190. The van der Waals surface area contributed by atoms with Gasteiger partial charge in [0.05, 0.1) is 6.33 Å². The van der Waals surface area contributed by atoms with Crippen LogP contribution in [0.25, 0.3) is 11.2 Å². The molecule has 4 N–H and O–H groups in total.